The van der Waals surface area contributed by atoms with E-state index in [-0.39, 0.29) is 17.7 Å². The van der Waals surface area contributed by atoms with Crippen LogP contribution in [0, 0.1) is 3.57 Å². The predicted octanol–water partition coefficient (Wildman–Crippen LogP) is 6.11. The van der Waals surface area contributed by atoms with E-state index in [2.05, 4.69) is 29.5 Å². The number of halogens is 1. The summed E-state index contributed by atoms with van der Waals surface area (Å²) in [7, 11) is 0. The quantitative estimate of drug-likeness (QED) is 0.220. The van der Waals surface area contributed by atoms with Gasteiger partial charge in [-0.25, -0.2) is 0 Å². The van der Waals surface area contributed by atoms with Crippen LogP contribution in [0.25, 0.3) is 6.08 Å². The van der Waals surface area contributed by atoms with Gasteiger partial charge >= 0.3 is 0 Å². The van der Waals surface area contributed by atoms with E-state index in [1.165, 1.54) is 4.90 Å². The van der Waals surface area contributed by atoms with Gasteiger partial charge in [0.25, 0.3) is 11.1 Å². The molecule has 3 rings (SSSR count). The number of unbranched alkanes of at least 4 members (excludes halogenated alkanes) is 1. The number of carbonyl (C=O) groups excluding carboxylic acids is 2. The Morgan fingerprint density at radius 2 is 1.80 bits per heavy atom. The molecule has 30 heavy (non-hydrogen) atoms. The monoisotopic (exact) mass is 537 g/mol. The molecule has 158 valence electrons. The highest BCUT2D eigenvalue weighted by Gasteiger charge is 2.35. The highest BCUT2D eigenvalue weighted by Crippen LogP contribution is 2.35. The topological polar surface area (TPSA) is 55.8 Å². The smallest absolute Gasteiger partial charge is 0.293 e. The number of imide groups is 1. The van der Waals surface area contributed by atoms with Gasteiger partial charge in [0.05, 0.1) is 24.7 Å². The minimum Gasteiger partial charge on any atom is -0.490 e. The van der Waals surface area contributed by atoms with Crippen molar-refractivity contribution in [2.45, 2.75) is 33.2 Å². The molecule has 0 N–H and O–H groups in total. The predicted molar refractivity (Wildman–Crippen MR) is 129 cm³/mol. The summed E-state index contributed by atoms with van der Waals surface area (Å²) < 4.78 is 12.6. The summed E-state index contributed by atoms with van der Waals surface area (Å²) in [6.45, 7) is 5.45. The standard InChI is InChI=1S/C23H24INO4S/c1-3-5-12-29-19-11-8-17(13-20(19)28-4-2)14-21-22(26)25(23(27)30-21)15-16-6-9-18(24)10-7-16/h6-11,13-14H,3-5,12,15H2,1-2H3/b21-14-. The van der Waals surface area contributed by atoms with Crippen molar-refractivity contribution in [3.8, 4) is 11.5 Å². The van der Waals surface area contributed by atoms with Gasteiger partial charge in [-0.3, -0.25) is 14.5 Å². The molecular weight excluding hydrogens is 513 g/mol. The first kappa shape index (κ1) is 22.7. The fourth-order valence-corrected chi connectivity index (χ4v) is 4.09. The number of thioether (sulfide) groups is 1. The van der Waals surface area contributed by atoms with Gasteiger partial charge < -0.3 is 9.47 Å². The molecular formula is C23H24INO4S. The molecule has 2 amide bonds. The van der Waals surface area contributed by atoms with E-state index in [4.69, 9.17) is 9.47 Å². The van der Waals surface area contributed by atoms with Crippen molar-refractivity contribution >= 4 is 51.6 Å². The van der Waals surface area contributed by atoms with Crippen molar-refractivity contribution in [2.24, 2.45) is 0 Å². The maximum Gasteiger partial charge on any atom is 0.293 e. The minimum absolute atomic E-state index is 0.255. The normalized spacial score (nSPS) is 15.2. The molecule has 1 aliphatic heterocycles. The molecule has 2 aromatic rings. The van der Waals surface area contributed by atoms with Crippen molar-refractivity contribution in [3.63, 3.8) is 0 Å². The van der Waals surface area contributed by atoms with E-state index in [0.29, 0.717) is 29.6 Å². The van der Waals surface area contributed by atoms with E-state index in [0.717, 1.165) is 39.3 Å². The fourth-order valence-electron chi connectivity index (χ4n) is 2.89. The number of carbonyl (C=O) groups is 2. The Kier molecular flexibility index (Phi) is 8.21. The Balaban J connectivity index is 1.77. The van der Waals surface area contributed by atoms with Crippen LogP contribution in [0.5, 0.6) is 11.5 Å². The summed E-state index contributed by atoms with van der Waals surface area (Å²) in [4.78, 5) is 26.9. The second-order valence-electron chi connectivity index (χ2n) is 6.74. The van der Waals surface area contributed by atoms with Crippen molar-refractivity contribution in [1.29, 1.82) is 0 Å². The van der Waals surface area contributed by atoms with Crippen LogP contribution in [-0.4, -0.2) is 29.3 Å². The molecule has 1 heterocycles. The lowest BCUT2D eigenvalue weighted by Gasteiger charge is -2.13. The molecule has 5 nitrogen and oxygen atoms in total. The van der Waals surface area contributed by atoms with Crippen LogP contribution >= 0.6 is 34.4 Å². The van der Waals surface area contributed by atoms with Crippen LogP contribution in [0.2, 0.25) is 0 Å². The SMILES string of the molecule is CCCCOc1ccc(/C=C2\SC(=O)N(Cc3ccc(I)cc3)C2=O)cc1OCC. The molecule has 0 aromatic heterocycles. The minimum atomic E-state index is -0.273. The van der Waals surface area contributed by atoms with Crippen molar-refractivity contribution in [3.05, 3.63) is 62.1 Å². The number of hydrogen-bond acceptors (Lipinski definition) is 5. The zero-order chi connectivity index (χ0) is 21.5. The summed E-state index contributed by atoms with van der Waals surface area (Å²) in [5, 5.41) is -0.255. The highest BCUT2D eigenvalue weighted by atomic mass is 127. The van der Waals surface area contributed by atoms with Crippen LogP contribution in [-0.2, 0) is 11.3 Å². The first-order valence-corrected chi connectivity index (χ1v) is 11.8. The number of hydrogen-bond donors (Lipinski definition) is 0. The summed E-state index contributed by atoms with van der Waals surface area (Å²) >= 11 is 3.19. The van der Waals surface area contributed by atoms with Crippen LogP contribution in [0.15, 0.2) is 47.4 Å². The average Bonchev–Trinajstić information content (AvgIpc) is 2.99. The highest BCUT2D eigenvalue weighted by molar-refractivity contribution is 14.1. The summed E-state index contributed by atoms with van der Waals surface area (Å²) in [6, 6.07) is 13.4. The maximum absolute atomic E-state index is 12.8. The summed E-state index contributed by atoms with van der Waals surface area (Å²) in [5.41, 5.74) is 1.72. The van der Waals surface area contributed by atoms with E-state index < -0.39 is 0 Å². The molecule has 1 aliphatic rings. The molecule has 1 fully saturated rings. The van der Waals surface area contributed by atoms with E-state index in [1.54, 1.807) is 6.08 Å². The van der Waals surface area contributed by atoms with Gasteiger partial charge in [0.1, 0.15) is 0 Å². The summed E-state index contributed by atoms with van der Waals surface area (Å²) in [5.74, 6) is 1.06. The Morgan fingerprint density at radius 3 is 2.50 bits per heavy atom. The van der Waals surface area contributed by atoms with Crippen molar-refractivity contribution < 1.29 is 19.1 Å². The number of benzene rings is 2. The number of rotatable bonds is 9. The first-order valence-electron chi connectivity index (χ1n) is 9.91. The van der Waals surface area contributed by atoms with Gasteiger partial charge in [-0.15, -0.1) is 0 Å². The van der Waals surface area contributed by atoms with E-state index in [9.17, 15) is 9.59 Å². The molecule has 0 unspecified atom stereocenters. The molecule has 0 radical (unpaired) electrons. The van der Waals surface area contributed by atoms with E-state index in [1.807, 2.05) is 49.4 Å². The van der Waals surface area contributed by atoms with Crippen LogP contribution in [0.4, 0.5) is 4.79 Å². The Bertz CT molecular complexity index is 943. The molecule has 1 saturated heterocycles. The molecule has 0 spiro atoms. The molecule has 7 heteroatoms. The number of nitrogens with zero attached hydrogens (tertiary/aromatic N) is 1. The van der Waals surface area contributed by atoms with Crippen molar-refractivity contribution in [2.75, 3.05) is 13.2 Å². The molecule has 0 aliphatic carbocycles. The van der Waals surface area contributed by atoms with E-state index >= 15 is 0 Å². The van der Waals surface area contributed by atoms with Gasteiger partial charge in [-0.05, 0) is 89.2 Å². The third-order valence-electron chi connectivity index (χ3n) is 4.45. The zero-order valence-electron chi connectivity index (χ0n) is 17.0. The van der Waals surface area contributed by atoms with Crippen LogP contribution in [0.1, 0.15) is 37.8 Å². The van der Waals surface area contributed by atoms with Gasteiger partial charge in [0, 0.05) is 3.57 Å². The lowest BCUT2D eigenvalue weighted by molar-refractivity contribution is -0.123. The Hall–Kier alpha value is -2.00. The second-order valence-corrected chi connectivity index (χ2v) is 8.97. The Morgan fingerprint density at radius 1 is 1.03 bits per heavy atom. The fraction of sp³-hybridized carbons (Fsp3) is 0.304. The number of ether oxygens (including phenoxy) is 2. The largest absolute Gasteiger partial charge is 0.490 e. The average molecular weight is 537 g/mol. The molecule has 2 aromatic carbocycles. The number of amides is 2. The summed E-state index contributed by atoms with van der Waals surface area (Å²) in [6.07, 6.45) is 3.76. The molecule has 0 saturated carbocycles. The molecule has 0 atom stereocenters. The zero-order valence-corrected chi connectivity index (χ0v) is 20.0. The Labute approximate surface area is 195 Å². The van der Waals surface area contributed by atoms with Gasteiger partial charge in [0.15, 0.2) is 11.5 Å². The third kappa shape index (κ3) is 5.78. The first-order chi connectivity index (χ1) is 14.5. The second kappa shape index (κ2) is 10.9. The van der Waals surface area contributed by atoms with Gasteiger partial charge in [0.2, 0.25) is 0 Å². The van der Waals surface area contributed by atoms with Crippen LogP contribution in [0.3, 0.4) is 0 Å². The van der Waals surface area contributed by atoms with Gasteiger partial charge in [-0.1, -0.05) is 31.5 Å². The lowest BCUT2D eigenvalue weighted by atomic mass is 10.1. The lowest BCUT2D eigenvalue weighted by Crippen LogP contribution is -2.27. The third-order valence-corrected chi connectivity index (χ3v) is 6.07. The van der Waals surface area contributed by atoms with Gasteiger partial charge in [-0.2, -0.15) is 0 Å². The van der Waals surface area contributed by atoms with Crippen LogP contribution < -0.4 is 9.47 Å². The molecule has 0 bridgehead atoms. The van der Waals surface area contributed by atoms with Crippen molar-refractivity contribution in [1.82, 2.24) is 4.90 Å². The maximum atomic E-state index is 12.8.